The van der Waals surface area contributed by atoms with Gasteiger partial charge in [-0.05, 0) is 48.2 Å². The molecule has 0 spiro atoms. The number of aromatic nitrogens is 5. The quantitative estimate of drug-likeness (QED) is 0.298. The molecule has 0 aliphatic heterocycles. The summed E-state index contributed by atoms with van der Waals surface area (Å²) in [6.07, 6.45) is 1.69. The lowest BCUT2D eigenvalue weighted by Crippen LogP contribution is -2.22. The van der Waals surface area contributed by atoms with E-state index in [1.54, 1.807) is 16.8 Å². The third-order valence-electron chi connectivity index (χ3n) is 4.41. The number of nitrogens with zero attached hydrogens (tertiary/aromatic N) is 5. The second kappa shape index (κ2) is 7.85. The Labute approximate surface area is 179 Å². The number of aryl methyl sites for hydroxylation is 1. The SMILES string of the molecule is Cc1ccnc(-n2c(SCc3noc(-c4cccs4)n3)nc3ccccc3c2=O)c1. The van der Waals surface area contributed by atoms with Gasteiger partial charge in [-0.2, -0.15) is 4.98 Å². The minimum atomic E-state index is -0.159. The molecule has 0 N–H and O–H groups in total. The first-order valence-corrected chi connectivity index (χ1v) is 11.0. The number of rotatable bonds is 5. The van der Waals surface area contributed by atoms with Gasteiger partial charge in [0.25, 0.3) is 11.4 Å². The molecule has 4 heterocycles. The molecule has 0 saturated carbocycles. The molecule has 0 radical (unpaired) electrons. The summed E-state index contributed by atoms with van der Waals surface area (Å²) in [4.78, 5) is 27.7. The van der Waals surface area contributed by atoms with Crippen molar-refractivity contribution in [3.05, 3.63) is 81.8 Å². The fourth-order valence-electron chi connectivity index (χ4n) is 3.00. The molecule has 9 heteroatoms. The Morgan fingerprint density at radius 3 is 2.87 bits per heavy atom. The van der Waals surface area contributed by atoms with Crippen molar-refractivity contribution in [2.75, 3.05) is 0 Å². The lowest BCUT2D eigenvalue weighted by atomic mass is 10.2. The maximum absolute atomic E-state index is 13.3. The molecular formula is C21H15N5O2S2. The van der Waals surface area contributed by atoms with E-state index in [-0.39, 0.29) is 5.56 Å². The third kappa shape index (κ3) is 3.53. The van der Waals surface area contributed by atoms with Crippen LogP contribution in [-0.4, -0.2) is 24.7 Å². The highest BCUT2D eigenvalue weighted by molar-refractivity contribution is 7.98. The van der Waals surface area contributed by atoms with Crippen LogP contribution < -0.4 is 5.56 Å². The summed E-state index contributed by atoms with van der Waals surface area (Å²) in [5.74, 6) is 1.97. The summed E-state index contributed by atoms with van der Waals surface area (Å²) in [6.45, 7) is 1.96. The van der Waals surface area contributed by atoms with E-state index < -0.39 is 0 Å². The van der Waals surface area contributed by atoms with Gasteiger partial charge in [0.05, 0.1) is 21.5 Å². The van der Waals surface area contributed by atoms with Gasteiger partial charge in [0.15, 0.2) is 11.0 Å². The number of hydrogen-bond acceptors (Lipinski definition) is 8. The molecule has 0 fully saturated rings. The van der Waals surface area contributed by atoms with E-state index in [1.165, 1.54) is 23.1 Å². The minimum Gasteiger partial charge on any atom is -0.333 e. The van der Waals surface area contributed by atoms with Crippen LogP contribution in [0.4, 0.5) is 0 Å². The van der Waals surface area contributed by atoms with Crippen molar-refractivity contribution in [3.8, 4) is 16.6 Å². The van der Waals surface area contributed by atoms with Crippen LogP contribution in [0.25, 0.3) is 27.5 Å². The molecule has 0 aliphatic rings. The predicted molar refractivity (Wildman–Crippen MR) is 117 cm³/mol. The van der Waals surface area contributed by atoms with Gasteiger partial charge in [0.2, 0.25) is 0 Å². The van der Waals surface area contributed by atoms with Crippen LogP contribution in [0.5, 0.6) is 0 Å². The van der Waals surface area contributed by atoms with Crippen LogP contribution in [0.2, 0.25) is 0 Å². The topological polar surface area (TPSA) is 86.7 Å². The average molecular weight is 434 g/mol. The second-order valence-corrected chi connectivity index (χ2v) is 8.42. The molecule has 5 rings (SSSR count). The van der Waals surface area contributed by atoms with Gasteiger partial charge in [0, 0.05) is 6.20 Å². The number of thiophene rings is 1. The minimum absolute atomic E-state index is 0.159. The maximum atomic E-state index is 13.3. The van der Waals surface area contributed by atoms with Gasteiger partial charge in [-0.3, -0.25) is 4.79 Å². The van der Waals surface area contributed by atoms with Crippen molar-refractivity contribution in [1.29, 1.82) is 0 Å². The van der Waals surface area contributed by atoms with Gasteiger partial charge < -0.3 is 4.52 Å². The third-order valence-corrected chi connectivity index (χ3v) is 6.20. The molecule has 0 aliphatic carbocycles. The zero-order chi connectivity index (χ0) is 20.5. The molecule has 5 aromatic rings. The van der Waals surface area contributed by atoms with E-state index >= 15 is 0 Å². The molecule has 7 nitrogen and oxygen atoms in total. The summed E-state index contributed by atoms with van der Waals surface area (Å²) in [6, 6.07) is 14.9. The maximum Gasteiger partial charge on any atom is 0.268 e. The standard InChI is InChI=1S/C21H15N5O2S2/c1-13-8-9-22-18(11-13)26-20(27)14-5-2-3-6-15(14)23-21(26)30-12-17-24-19(28-25-17)16-7-4-10-29-16/h2-11H,12H2,1H3. The molecular weight excluding hydrogens is 418 g/mol. The van der Waals surface area contributed by atoms with Crippen LogP contribution in [0.1, 0.15) is 11.4 Å². The Morgan fingerprint density at radius 2 is 2.03 bits per heavy atom. The van der Waals surface area contributed by atoms with Gasteiger partial charge in [-0.15, -0.1) is 11.3 Å². The first kappa shape index (κ1) is 18.7. The van der Waals surface area contributed by atoms with E-state index in [0.29, 0.717) is 39.3 Å². The number of hydrogen-bond donors (Lipinski definition) is 0. The Bertz CT molecular complexity index is 1390. The van der Waals surface area contributed by atoms with Crippen molar-refractivity contribution in [2.45, 2.75) is 17.8 Å². The molecule has 0 saturated heterocycles. The van der Waals surface area contributed by atoms with Crippen molar-refractivity contribution in [1.82, 2.24) is 24.7 Å². The van der Waals surface area contributed by atoms with Crippen LogP contribution >= 0.6 is 23.1 Å². The van der Waals surface area contributed by atoms with Crippen molar-refractivity contribution >= 4 is 34.0 Å². The normalized spacial score (nSPS) is 11.2. The highest BCUT2D eigenvalue weighted by atomic mass is 32.2. The molecule has 30 heavy (non-hydrogen) atoms. The van der Waals surface area contributed by atoms with Gasteiger partial charge >= 0.3 is 0 Å². The molecule has 4 aromatic heterocycles. The number of pyridine rings is 1. The first-order chi connectivity index (χ1) is 14.7. The molecule has 0 amide bonds. The summed E-state index contributed by atoms with van der Waals surface area (Å²) in [5, 5.41) is 7.09. The average Bonchev–Trinajstić information content (AvgIpc) is 3.44. The van der Waals surface area contributed by atoms with Gasteiger partial charge in [-0.1, -0.05) is 35.1 Å². The highest BCUT2D eigenvalue weighted by Gasteiger charge is 2.16. The van der Waals surface area contributed by atoms with E-state index in [4.69, 9.17) is 9.51 Å². The Hall–Kier alpha value is -3.30. The van der Waals surface area contributed by atoms with Gasteiger partial charge in [0.1, 0.15) is 5.82 Å². The van der Waals surface area contributed by atoms with E-state index in [2.05, 4.69) is 15.1 Å². The number of thioether (sulfide) groups is 1. The van der Waals surface area contributed by atoms with Crippen LogP contribution in [0.15, 0.2) is 74.6 Å². The lowest BCUT2D eigenvalue weighted by Gasteiger charge is -2.12. The highest BCUT2D eigenvalue weighted by Crippen LogP contribution is 2.26. The Balaban J connectivity index is 1.54. The summed E-state index contributed by atoms with van der Waals surface area (Å²) < 4.78 is 6.90. The monoisotopic (exact) mass is 433 g/mol. The molecule has 0 atom stereocenters. The fraction of sp³-hybridized carbons (Fsp3) is 0.0952. The zero-order valence-electron chi connectivity index (χ0n) is 15.8. The molecule has 0 bridgehead atoms. The van der Waals surface area contributed by atoms with Crippen molar-refractivity contribution < 1.29 is 4.52 Å². The lowest BCUT2D eigenvalue weighted by molar-refractivity contribution is 0.426. The summed E-state index contributed by atoms with van der Waals surface area (Å²) in [7, 11) is 0. The molecule has 1 aromatic carbocycles. The number of para-hydroxylation sites is 1. The number of fused-ring (bicyclic) bond motifs is 1. The Morgan fingerprint density at radius 1 is 1.13 bits per heavy atom. The molecule has 0 unspecified atom stereocenters. The van der Waals surface area contributed by atoms with E-state index in [1.807, 2.05) is 54.8 Å². The van der Waals surface area contributed by atoms with Crippen molar-refractivity contribution in [2.24, 2.45) is 0 Å². The van der Waals surface area contributed by atoms with Crippen LogP contribution in [-0.2, 0) is 5.75 Å². The fourth-order valence-corrected chi connectivity index (χ4v) is 4.48. The summed E-state index contributed by atoms with van der Waals surface area (Å²) in [5.41, 5.74) is 1.49. The molecule has 148 valence electrons. The largest absolute Gasteiger partial charge is 0.333 e. The smallest absolute Gasteiger partial charge is 0.268 e. The predicted octanol–water partition coefficient (Wildman–Crippen LogP) is 4.49. The van der Waals surface area contributed by atoms with Crippen LogP contribution in [0, 0.1) is 6.92 Å². The van der Waals surface area contributed by atoms with E-state index in [0.717, 1.165) is 10.4 Å². The zero-order valence-corrected chi connectivity index (χ0v) is 17.5. The van der Waals surface area contributed by atoms with Crippen LogP contribution in [0.3, 0.4) is 0 Å². The second-order valence-electron chi connectivity index (χ2n) is 6.53. The van der Waals surface area contributed by atoms with E-state index in [9.17, 15) is 4.79 Å². The number of benzene rings is 1. The van der Waals surface area contributed by atoms with Gasteiger partial charge in [-0.25, -0.2) is 14.5 Å². The Kier molecular flexibility index (Phi) is 4.89. The first-order valence-electron chi connectivity index (χ1n) is 9.13. The summed E-state index contributed by atoms with van der Waals surface area (Å²) >= 11 is 2.91. The van der Waals surface area contributed by atoms with Crippen molar-refractivity contribution in [3.63, 3.8) is 0 Å².